The zero-order valence-electron chi connectivity index (χ0n) is 15.8. The van der Waals surface area contributed by atoms with Crippen LogP contribution in [0.4, 0.5) is 15.3 Å². The van der Waals surface area contributed by atoms with Gasteiger partial charge in [-0.25, -0.2) is 19.9 Å². The molecule has 0 bridgehead atoms. The molecule has 1 aromatic carbocycles. The third kappa shape index (κ3) is 5.10. The van der Waals surface area contributed by atoms with Crippen molar-refractivity contribution in [3.05, 3.63) is 40.5 Å². The van der Waals surface area contributed by atoms with E-state index in [1.165, 1.54) is 0 Å². The summed E-state index contributed by atoms with van der Waals surface area (Å²) in [6.07, 6.45) is -2.04. The molecule has 2 rings (SSSR count). The van der Waals surface area contributed by atoms with Crippen LogP contribution in [0.5, 0.6) is 0 Å². The Balaban J connectivity index is 2.31. The van der Waals surface area contributed by atoms with Crippen molar-refractivity contribution in [3.8, 4) is 0 Å². The van der Waals surface area contributed by atoms with E-state index < -0.39 is 36.2 Å². The number of hydrazine groups is 1. The SMILES string of the molecule is CC(C)OC(=O)NN(C(=O)OC(C)C)C1=CC(=O)N(c2ccc(Br)cc2)C1=O. The molecule has 150 valence electrons. The molecule has 1 aromatic rings. The lowest BCUT2D eigenvalue weighted by molar-refractivity contribution is -0.121. The maximum atomic E-state index is 12.8. The number of nitrogens with one attached hydrogen (secondary N) is 1. The summed E-state index contributed by atoms with van der Waals surface area (Å²) in [5.41, 5.74) is 2.10. The third-order valence-corrected chi connectivity index (χ3v) is 3.82. The highest BCUT2D eigenvalue weighted by molar-refractivity contribution is 9.10. The average molecular weight is 454 g/mol. The molecule has 0 saturated carbocycles. The Hall–Kier alpha value is -2.88. The normalized spacial score (nSPS) is 13.7. The highest BCUT2D eigenvalue weighted by Crippen LogP contribution is 2.25. The van der Waals surface area contributed by atoms with E-state index in [-0.39, 0.29) is 5.70 Å². The third-order valence-electron chi connectivity index (χ3n) is 3.29. The van der Waals surface area contributed by atoms with Crippen LogP contribution in [0.3, 0.4) is 0 Å². The fourth-order valence-corrected chi connectivity index (χ4v) is 2.51. The highest BCUT2D eigenvalue weighted by Gasteiger charge is 2.39. The van der Waals surface area contributed by atoms with Gasteiger partial charge in [0.05, 0.1) is 17.9 Å². The number of ether oxygens (including phenoxy) is 2. The molecule has 0 aromatic heterocycles. The monoisotopic (exact) mass is 453 g/mol. The van der Waals surface area contributed by atoms with Crippen molar-refractivity contribution in [2.45, 2.75) is 39.9 Å². The van der Waals surface area contributed by atoms with E-state index in [0.717, 1.165) is 15.4 Å². The second kappa shape index (κ2) is 8.87. The van der Waals surface area contributed by atoms with Crippen molar-refractivity contribution in [3.63, 3.8) is 0 Å². The van der Waals surface area contributed by atoms with Crippen LogP contribution in [0.25, 0.3) is 0 Å². The minimum atomic E-state index is -1.03. The van der Waals surface area contributed by atoms with E-state index in [1.807, 2.05) is 0 Å². The second-order valence-corrected chi connectivity index (χ2v) is 7.23. The molecule has 0 spiro atoms. The first-order chi connectivity index (χ1) is 13.1. The highest BCUT2D eigenvalue weighted by atomic mass is 79.9. The van der Waals surface area contributed by atoms with E-state index in [2.05, 4.69) is 21.4 Å². The van der Waals surface area contributed by atoms with Crippen molar-refractivity contribution in [2.75, 3.05) is 4.90 Å². The number of carbonyl (C=O) groups is 4. The predicted molar refractivity (Wildman–Crippen MR) is 103 cm³/mol. The summed E-state index contributed by atoms with van der Waals surface area (Å²) in [5, 5.41) is 0.573. The molecule has 0 aliphatic carbocycles. The van der Waals surface area contributed by atoms with Crippen molar-refractivity contribution in [1.82, 2.24) is 10.4 Å². The molecule has 0 unspecified atom stereocenters. The molecule has 0 atom stereocenters. The number of halogens is 1. The van der Waals surface area contributed by atoms with Crippen molar-refractivity contribution in [2.24, 2.45) is 0 Å². The van der Waals surface area contributed by atoms with Gasteiger partial charge in [-0.05, 0) is 52.0 Å². The number of rotatable bonds is 4. The first-order valence-electron chi connectivity index (χ1n) is 8.43. The van der Waals surface area contributed by atoms with E-state index in [4.69, 9.17) is 9.47 Å². The fraction of sp³-hybridized carbons (Fsp3) is 0.333. The van der Waals surface area contributed by atoms with Gasteiger partial charge in [0.15, 0.2) is 0 Å². The Morgan fingerprint density at radius 3 is 2.14 bits per heavy atom. The number of hydrogen-bond acceptors (Lipinski definition) is 6. The summed E-state index contributed by atoms with van der Waals surface area (Å²) < 4.78 is 10.8. The van der Waals surface area contributed by atoms with Crippen LogP contribution in [0.2, 0.25) is 0 Å². The fourth-order valence-electron chi connectivity index (χ4n) is 2.24. The predicted octanol–water partition coefficient (Wildman–Crippen LogP) is 3.10. The largest absolute Gasteiger partial charge is 0.446 e. The first kappa shape index (κ1) is 21.4. The van der Waals surface area contributed by atoms with Crippen LogP contribution < -0.4 is 10.3 Å². The van der Waals surface area contributed by atoms with Gasteiger partial charge in [-0.3, -0.25) is 9.59 Å². The first-order valence-corrected chi connectivity index (χ1v) is 9.23. The Morgan fingerprint density at radius 1 is 1.04 bits per heavy atom. The molecule has 9 nitrogen and oxygen atoms in total. The molecule has 0 fully saturated rings. The van der Waals surface area contributed by atoms with Gasteiger partial charge in [0.2, 0.25) is 0 Å². The molecule has 0 radical (unpaired) electrons. The van der Waals surface area contributed by atoms with Crippen LogP contribution in [-0.4, -0.2) is 41.2 Å². The molecular weight excluding hydrogens is 434 g/mol. The lowest BCUT2D eigenvalue weighted by atomic mass is 10.3. The van der Waals surface area contributed by atoms with Gasteiger partial charge in [0.25, 0.3) is 11.8 Å². The molecule has 1 aliphatic rings. The number of hydrogen-bond donors (Lipinski definition) is 1. The number of nitrogens with zero attached hydrogens (tertiary/aromatic N) is 2. The molecule has 4 amide bonds. The van der Waals surface area contributed by atoms with Gasteiger partial charge in [0, 0.05) is 10.5 Å². The average Bonchev–Trinajstić information content (AvgIpc) is 2.86. The zero-order valence-corrected chi connectivity index (χ0v) is 17.3. The molecule has 0 saturated heterocycles. The van der Waals surface area contributed by atoms with Crippen LogP contribution in [0.1, 0.15) is 27.7 Å². The van der Waals surface area contributed by atoms with Crippen LogP contribution in [0, 0.1) is 0 Å². The van der Waals surface area contributed by atoms with Crippen molar-refractivity contribution in [1.29, 1.82) is 0 Å². The number of benzene rings is 1. The Labute approximate surface area is 170 Å². The number of imide groups is 1. The number of anilines is 1. The molecule has 1 aliphatic heterocycles. The van der Waals surface area contributed by atoms with Gasteiger partial charge in [-0.15, -0.1) is 0 Å². The van der Waals surface area contributed by atoms with Gasteiger partial charge >= 0.3 is 12.2 Å². The molecule has 1 heterocycles. The summed E-state index contributed by atoms with van der Waals surface area (Å²) in [6.45, 7) is 6.45. The lowest BCUT2D eigenvalue weighted by Gasteiger charge is -2.24. The summed E-state index contributed by atoms with van der Waals surface area (Å²) in [7, 11) is 0. The van der Waals surface area contributed by atoms with Crippen LogP contribution >= 0.6 is 15.9 Å². The number of amides is 4. The van der Waals surface area contributed by atoms with Crippen molar-refractivity contribution < 1.29 is 28.7 Å². The quantitative estimate of drug-likeness (QED) is 0.554. The van der Waals surface area contributed by atoms with E-state index in [1.54, 1.807) is 52.0 Å². The van der Waals surface area contributed by atoms with E-state index in [0.29, 0.717) is 10.7 Å². The summed E-state index contributed by atoms with van der Waals surface area (Å²) >= 11 is 3.28. The summed E-state index contributed by atoms with van der Waals surface area (Å²) in [6, 6.07) is 6.45. The standard InChI is InChI=1S/C18H20BrN3O6/c1-10(2)27-17(25)20-22(18(26)28-11(3)4)14-9-15(23)21(16(14)24)13-7-5-12(19)6-8-13/h5-11H,1-4H3,(H,20,25). The van der Waals surface area contributed by atoms with Gasteiger partial charge in [0.1, 0.15) is 5.70 Å². The van der Waals surface area contributed by atoms with Gasteiger partial charge in [-0.2, -0.15) is 5.01 Å². The van der Waals surface area contributed by atoms with Crippen LogP contribution in [-0.2, 0) is 19.1 Å². The smallest absolute Gasteiger partial charge is 0.434 e. The maximum Gasteiger partial charge on any atom is 0.434 e. The maximum absolute atomic E-state index is 12.8. The second-order valence-electron chi connectivity index (χ2n) is 6.32. The minimum Gasteiger partial charge on any atom is -0.446 e. The van der Waals surface area contributed by atoms with E-state index >= 15 is 0 Å². The van der Waals surface area contributed by atoms with Gasteiger partial charge in [-0.1, -0.05) is 15.9 Å². The summed E-state index contributed by atoms with van der Waals surface area (Å²) in [4.78, 5) is 50.5. The molecular formula is C18H20BrN3O6. The Bertz CT molecular complexity index is 819. The molecule has 10 heteroatoms. The Kier molecular flexibility index (Phi) is 6.79. The van der Waals surface area contributed by atoms with Crippen molar-refractivity contribution >= 4 is 45.6 Å². The zero-order chi connectivity index (χ0) is 21.0. The molecule has 1 N–H and O–H groups in total. The Morgan fingerprint density at radius 2 is 1.61 bits per heavy atom. The van der Waals surface area contributed by atoms with Crippen LogP contribution in [0.15, 0.2) is 40.5 Å². The molecule has 28 heavy (non-hydrogen) atoms. The van der Waals surface area contributed by atoms with Gasteiger partial charge < -0.3 is 9.47 Å². The minimum absolute atomic E-state index is 0.311. The lowest BCUT2D eigenvalue weighted by Crippen LogP contribution is -2.49. The van der Waals surface area contributed by atoms with E-state index in [9.17, 15) is 19.2 Å². The topological polar surface area (TPSA) is 105 Å². The number of carbonyl (C=O) groups excluding carboxylic acids is 4. The summed E-state index contributed by atoms with van der Waals surface area (Å²) in [5.74, 6) is -1.46.